The molecule has 0 atom stereocenters. The Morgan fingerprint density at radius 2 is 1.62 bits per heavy atom. The van der Waals surface area contributed by atoms with Crippen LogP contribution in [0.5, 0.6) is 0 Å². The molecule has 1 saturated carbocycles. The first-order chi connectivity index (χ1) is 5.91. The molecule has 1 aliphatic rings. The summed E-state index contributed by atoms with van der Waals surface area (Å²) in [5.74, 6) is 0.0362. The monoisotopic (exact) mass is 184 g/mol. The first kappa shape index (κ1) is 10.6. The minimum absolute atomic E-state index is 0.0707. The van der Waals surface area contributed by atoms with Gasteiger partial charge in [0.2, 0.25) is 0 Å². The van der Waals surface area contributed by atoms with E-state index in [0.29, 0.717) is 11.3 Å². The molecule has 1 rings (SSSR count). The summed E-state index contributed by atoms with van der Waals surface area (Å²) in [6.45, 7) is 6.75. The summed E-state index contributed by atoms with van der Waals surface area (Å²) in [5, 5.41) is 8.83. The molecule has 1 fully saturated rings. The maximum atomic E-state index is 10.7. The van der Waals surface area contributed by atoms with Crippen molar-refractivity contribution in [2.75, 3.05) is 0 Å². The van der Waals surface area contributed by atoms with E-state index in [-0.39, 0.29) is 5.92 Å². The molecule has 0 aromatic heterocycles. The predicted molar refractivity (Wildman–Crippen MR) is 52.5 cm³/mol. The number of hydrogen-bond acceptors (Lipinski definition) is 1. The lowest BCUT2D eigenvalue weighted by Gasteiger charge is -2.35. The van der Waals surface area contributed by atoms with Crippen LogP contribution in [0.2, 0.25) is 0 Å². The maximum absolute atomic E-state index is 10.7. The van der Waals surface area contributed by atoms with Crippen LogP contribution in [0.25, 0.3) is 0 Å². The van der Waals surface area contributed by atoms with Crippen molar-refractivity contribution in [1.82, 2.24) is 0 Å². The van der Waals surface area contributed by atoms with Gasteiger partial charge in [-0.3, -0.25) is 4.79 Å². The Morgan fingerprint density at radius 3 is 1.92 bits per heavy atom. The Bertz CT molecular complexity index is 183. The maximum Gasteiger partial charge on any atom is 0.306 e. The van der Waals surface area contributed by atoms with E-state index in [9.17, 15) is 4.79 Å². The van der Waals surface area contributed by atoms with Crippen LogP contribution in [0.4, 0.5) is 0 Å². The van der Waals surface area contributed by atoms with Crippen LogP contribution >= 0.6 is 0 Å². The zero-order valence-electron chi connectivity index (χ0n) is 8.84. The molecule has 76 valence electrons. The molecule has 0 aliphatic heterocycles. The second kappa shape index (κ2) is 3.69. The predicted octanol–water partition coefficient (Wildman–Crippen LogP) is 2.92. The average Bonchev–Trinajstić information content (AvgIpc) is 2.03. The van der Waals surface area contributed by atoms with Gasteiger partial charge in [0.25, 0.3) is 0 Å². The van der Waals surface area contributed by atoms with E-state index in [4.69, 9.17) is 5.11 Å². The molecule has 0 bridgehead atoms. The molecular formula is C11H20O2. The van der Waals surface area contributed by atoms with E-state index in [1.807, 2.05) is 0 Å². The lowest BCUT2D eigenvalue weighted by atomic mass is 9.70. The molecule has 0 aromatic rings. The highest BCUT2D eigenvalue weighted by molar-refractivity contribution is 5.69. The summed E-state index contributed by atoms with van der Waals surface area (Å²) >= 11 is 0. The van der Waals surface area contributed by atoms with Crippen molar-refractivity contribution in [3.05, 3.63) is 0 Å². The fourth-order valence-electron chi connectivity index (χ4n) is 2.21. The van der Waals surface area contributed by atoms with E-state index in [1.54, 1.807) is 0 Å². The summed E-state index contributed by atoms with van der Waals surface area (Å²) in [5.41, 5.74) is 0.351. The van der Waals surface area contributed by atoms with Gasteiger partial charge in [-0.25, -0.2) is 0 Å². The number of carboxylic acids is 1. The lowest BCUT2D eigenvalue weighted by Crippen LogP contribution is -2.28. The second-order valence-corrected chi connectivity index (χ2v) is 5.25. The Kier molecular flexibility index (Phi) is 2.99. The Morgan fingerprint density at radius 1 is 1.15 bits per heavy atom. The molecule has 2 heteroatoms. The van der Waals surface area contributed by atoms with Gasteiger partial charge < -0.3 is 5.11 Å². The fraction of sp³-hybridized carbons (Fsp3) is 0.909. The molecule has 13 heavy (non-hydrogen) atoms. The standard InChI is InChI=1S/C11H20O2/c1-11(2,3)9-6-4-8(5-7-9)10(12)13/h8-9H,4-7H2,1-3H3,(H,12,13)/t8-,9+. The van der Waals surface area contributed by atoms with Crippen molar-refractivity contribution in [2.45, 2.75) is 46.5 Å². The molecule has 0 radical (unpaired) electrons. The number of carbonyl (C=O) groups is 1. The molecule has 0 saturated heterocycles. The summed E-state index contributed by atoms with van der Waals surface area (Å²) in [6.07, 6.45) is 3.91. The average molecular weight is 184 g/mol. The van der Waals surface area contributed by atoms with Crippen molar-refractivity contribution >= 4 is 5.97 Å². The van der Waals surface area contributed by atoms with Gasteiger partial charge in [0.15, 0.2) is 0 Å². The third-order valence-electron chi connectivity index (χ3n) is 3.30. The largest absolute Gasteiger partial charge is 0.481 e. The molecular weight excluding hydrogens is 164 g/mol. The number of hydrogen-bond donors (Lipinski definition) is 1. The van der Waals surface area contributed by atoms with Crippen molar-refractivity contribution < 1.29 is 9.90 Å². The smallest absolute Gasteiger partial charge is 0.306 e. The zero-order valence-corrected chi connectivity index (χ0v) is 8.84. The van der Waals surface area contributed by atoms with Gasteiger partial charge in [-0.05, 0) is 37.0 Å². The van der Waals surface area contributed by atoms with E-state index in [1.165, 1.54) is 0 Å². The number of rotatable bonds is 1. The van der Waals surface area contributed by atoms with Crippen LogP contribution in [0.3, 0.4) is 0 Å². The molecule has 0 aromatic carbocycles. The highest BCUT2D eigenvalue weighted by Crippen LogP contribution is 2.39. The zero-order chi connectivity index (χ0) is 10.1. The highest BCUT2D eigenvalue weighted by atomic mass is 16.4. The van der Waals surface area contributed by atoms with Crippen LogP contribution in [0.15, 0.2) is 0 Å². The molecule has 2 nitrogen and oxygen atoms in total. The van der Waals surface area contributed by atoms with Gasteiger partial charge in [-0.2, -0.15) is 0 Å². The Balaban J connectivity index is 2.44. The van der Waals surface area contributed by atoms with Crippen LogP contribution in [0, 0.1) is 17.3 Å². The molecule has 0 unspecified atom stereocenters. The van der Waals surface area contributed by atoms with Gasteiger partial charge in [-0.15, -0.1) is 0 Å². The summed E-state index contributed by atoms with van der Waals surface area (Å²) in [4.78, 5) is 10.7. The minimum atomic E-state index is -0.604. The first-order valence-electron chi connectivity index (χ1n) is 5.14. The molecule has 0 amide bonds. The van der Waals surface area contributed by atoms with Gasteiger partial charge in [0, 0.05) is 0 Å². The number of carboxylic acid groups (broad SMARTS) is 1. The third kappa shape index (κ3) is 2.71. The van der Waals surface area contributed by atoms with Crippen LogP contribution in [-0.4, -0.2) is 11.1 Å². The molecule has 1 N–H and O–H groups in total. The highest BCUT2D eigenvalue weighted by Gasteiger charge is 2.31. The molecule has 0 spiro atoms. The van der Waals surface area contributed by atoms with Crippen LogP contribution in [-0.2, 0) is 4.79 Å². The van der Waals surface area contributed by atoms with Crippen molar-refractivity contribution in [3.63, 3.8) is 0 Å². The van der Waals surface area contributed by atoms with Gasteiger partial charge in [0.05, 0.1) is 5.92 Å². The van der Waals surface area contributed by atoms with Crippen molar-refractivity contribution in [1.29, 1.82) is 0 Å². The normalized spacial score (nSPS) is 30.1. The quantitative estimate of drug-likeness (QED) is 0.680. The summed E-state index contributed by atoms with van der Waals surface area (Å²) in [7, 11) is 0. The lowest BCUT2D eigenvalue weighted by molar-refractivity contribution is -0.143. The van der Waals surface area contributed by atoms with Gasteiger partial charge in [0.1, 0.15) is 0 Å². The van der Waals surface area contributed by atoms with E-state index in [0.717, 1.165) is 25.7 Å². The summed E-state index contributed by atoms with van der Waals surface area (Å²) in [6, 6.07) is 0. The van der Waals surface area contributed by atoms with Crippen LogP contribution in [0.1, 0.15) is 46.5 Å². The Labute approximate surface area is 80.3 Å². The third-order valence-corrected chi connectivity index (χ3v) is 3.30. The first-order valence-corrected chi connectivity index (χ1v) is 5.14. The van der Waals surface area contributed by atoms with Gasteiger partial charge in [-0.1, -0.05) is 20.8 Å². The summed E-state index contributed by atoms with van der Waals surface area (Å²) < 4.78 is 0. The van der Waals surface area contributed by atoms with Crippen LogP contribution < -0.4 is 0 Å². The van der Waals surface area contributed by atoms with Crippen molar-refractivity contribution in [3.8, 4) is 0 Å². The van der Waals surface area contributed by atoms with Crippen molar-refractivity contribution in [2.24, 2.45) is 17.3 Å². The molecule has 0 heterocycles. The Hall–Kier alpha value is -0.530. The fourth-order valence-corrected chi connectivity index (χ4v) is 2.21. The minimum Gasteiger partial charge on any atom is -0.481 e. The van der Waals surface area contributed by atoms with E-state index >= 15 is 0 Å². The van der Waals surface area contributed by atoms with E-state index < -0.39 is 5.97 Å². The number of aliphatic carboxylic acids is 1. The van der Waals surface area contributed by atoms with E-state index in [2.05, 4.69) is 20.8 Å². The second-order valence-electron chi connectivity index (χ2n) is 5.25. The SMILES string of the molecule is CC(C)(C)[C@H]1CC[C@@H](C(=O)O)CC1. The topological polar surface area (TPSA) is 37.3 Å². The molecule has 1 aliphatic carbocycles. The van der Waals surface area contributed by atoms with Gasteiger partial charge >= 0.3 is 5.97 Å².